The van der Waals surface area contributed by atoms with Crippen LogP contribution in [-0.2, 0) is 17.1 Å². The van der Waals surface area contributed by atoms with E-state index in [1.807, 2.05) is 30.3 Å². The predicted molar refractivity (Wildman–Crippen MR) is 76.3 cm³/mol. The fourth-order valence-corrected chi connectivity index (χ4v) is 4.44. The van der Waals surface area contributed by atoms with Crippen molar-refractivity contribution in [3.05, 3.63) is 60.2 Å². The molecule has 3 heteroatoms. The Hall–Kier alpha value is -0.0805. The second-order valence-electron chi connectivity index (χ2n) is 3.61. The average molecular weight is 304 g/mol. The smallest absolute Gasteiger partial charge is 0.214 e. The maximum atomic E-state index is 2.23. The molecule has 1 heterocycles. The molecule has 0 N–H and O–H groups in total. The van der Waals surface area contributed by atoms with E-state index in [4.69, 9.17) is 0 Å². The summed E-state index contributed by atoms with van der Waals surface area (Å²) in [5.74, 6) is 2.67. The third kappa shape index (κ3) is 5.39. The van der Waals surface area contributed by atoms with Gasteiger partial charge in [-0.3, -0.25) is 0 Å². The third-order valence-corrected chi connectivity index (χ3v) is 5.36. The van der Waals surface area contributed by atoms with Crippen LogP contribution < -0.4 is 0 Å². The molecule has 0 unspecified atom stereocenters. The van der Waals surface area contributed by atoms with Crippen LogP contribution in [0.2, 0.25) is 0 Å². The second-order valence-corrected chi connectivity index (χ2v) is 6.33. The molecule has 2 aromatic rings. The largest absolute Gasteiger partial charge is 2.00 e. The summed E-state index contributed by atoms with van der Waals surface area (Å²) >= 11 is 4.17. The molecule has 0 aliphatic carbocycles. The molecule has 1 saturated heterocycles. The summed E-state index contributed by atoms with van der Waals surface area (Å²) < 4.78 is 0.721. The molecule has 0 atom stereocenters. The quantitative estimate of drug-likeness (QED) is 0.554. The molecule has 92 valence electrons. The van der Waals surface area contributed by atoms with E-state index in [0.717, 1.165) is 4.58 Å². The molecule has 17 heavy (non-hydrogen) atoms. The molecule has 0 spiro atoms. The van der Waals surface area contributed by atoms with Crippen LogP contribution in [0.1, 0.15) is 16.6 Å². The van der Waals surface area contributed by atoms with Gasteiger partial charge in [-0.2, -0.15) is 30.3 Å². The normalized spacial score (nSPS) is 15.5. The van der Waals surface area contributed by atoms with Crippen molar-refractivity contribution in [2.45, 2.75) is 11.0 Å². The van der Waals surface area contributed by atoms with Crippen molar-refractivity contribution >= 4 is 23.5 Å². The fraction of sp³-hybridized carbons (Fsp3) is 0.286. The van der Waals surface area contributed by atoms with Crippen molar-refractivity contribution in [1.82, 2.24) is 0 Å². The molecular weight excluding hydrogens is 288 g/mol. The van der Waals surface area contributed by atoms with Crippen molar-refractivity contribution in [2.24, 2.45) is 0 Å². The van der Waals surface area contributed by atoms with Crippen LogP contribution in [0.4, 0.5) is 0 Å². The molecule has 0 aromatic heterocycles. The average Bonchev–Trinajstić information content (AvgIpc) is 3.07. The topological polar surface area (TPSA) is 0 Å². The van der Waals surface area contributed by atoms with Gasteiger partial charge in [-0.15, -0.1) is 29.1 Å². The number of hydrogen-bond donors (Lipinski definition) is 0. The van der Waals surface area contributed by atoms with Gasteiger partial charge in [0.05, 0.1) is 4.58 Å². The summed E-state index contributed by atoms with van der Waals surface area (Å²) in [7, 11) is 0. The zero-order chi connectivity index (χ0) is 11.1. The van der Waals surface area contributed by atoms with E-state index in [9.17, 15) is 0 Å². The van der Waals surface area contributed by atoms with Crippen molar-refractivity contribution in [2.75, 3.05) is 11.5 Å². The monoisotopic (exact) mass is 304 g/mol. The zero-order valence-corrected chi connectivity index (χ0v) is 12.3. The molecule has 1 aliphatic rings. The van der Waals surface area contributed by atoms with Crippen LogP contribution in [0.5, 0.6) is 0 Å². The molecule has 1 aliphatic heterocycles. The third-order valence-electron chi connectivity index (χ3n) is 2.34. The molecule has 3 rings (SSSR count). The molecule has 0 saturated carbocycles. The maximum Gasteiger partial charge on any atom is 2.00 e. The van der Waals surface area contributed by atoms with Gasteiger partial charge in [-0.05, 0) is 17.9 Å². The Labute approximate surface area is 123 Å². The van der Waals surface area contributed by atoms with Gasteiger partial charge >= 0.3 is 17.1 Å². The first-order chi connectivity index (χ1) is 7.97. The van der Waals surface area contributed by atoms with Gasteiger partial charge < -0.3 is 0 Å². The SMILES string of the molecule is [Fe+2].c1c[cH-]c(C2SCCCS2)c1.c1cc[cH-]c1. The number of rotatable bonds is 1. The van der Waals surface area contributed by atoms with Crippen LogP contribution in [0, 0.1) is 0 Å². The Morgan fingerprint density at radius 1 is 1.00 bits per heavy atom. The van der Waals surface area contributed by atoms with Crippen molar-refractivity contribution in [3.8, 4) is 0 Å². The van der Waals surface area contributed by atoms with E-state index in [1.165, 1.54) is 23.5 Å². The fourth-order valence-electron chi connectivity index (χ4n) is 1.55. The standard InChI is InChI=1S/C9H11S2.C5H5.Fe/c1-2-5-8(4-1)9-10-6-3-7-11-9;1-2-4-5-3-1;/h1-2,4-5,9H,3,6-7H2;1-5H;/q2*-1;+2. The van der Waals surface area contributed by atoms with Gasteiger partial charge in [0.2, 0.25) is 0 Å². The van der Waals surface area contributed by atoms with E-state index in [-0.39, 0.29) is 17.1 Å². The number of thioether (sulfide) groups is 2. The molecule has 0 bridgehead atoms. The van der Waals surface area contributed by atoms with E-state index in [1.54, 1.807) is 0 Å². The Morgan fingerprint density at radius 2 is 1.71 bits per heavy atom. The summed E-state index contributed by atoms with van der Waals surface area (Å²) in [4.78, 5) is 0. The van der Waals surface area contributed by atoms with Crippen LogP contribution >= 0.6 is 23.5 Å². The molecule has 2 aromatic carbocycles. The first-order valence-corrected chi connectivity index (χ1v) is 7.68. The molecule has 0 radical (unpaired) electrons. The van der Waals surface area contributed by atoms with Gasteiger partial charge in [0.1, 0.15) is 0 Å². The Kier molecular flexibility index (Phi) is 7.87. The minimum Gasteiger partial charge on any atom is -0.214 e. The first kappa shape index (κ1) is 15.0. The first-order valence-electron chi connectivity index (χ1n) is 5.58. The van der Waals surface area contributed by atoms with Gasteiger partial charge in [0, 0.05) is 0 Å². The summed E-state index contributed by atoms with van der Waals surface area (Å²) in [5, 5.41) is 0. The Bertz CT molecular complexity index is 330. The summed E-state index contributed by atoms with van der Waals surface area (Å²) in [6.07, 6.45) is 1.38. The van der Waals surface area contributed by atoms with Crippen LogP contribution in [0.3, 0.4) is 0 Å². The summed E-state index contributed by atoms with van der Waals surface area (Å²) in [6.45, 7) is 0. The second kappa shape index (κ2) is 8.93. The van der Waals surface area contributed by atoms with E-state index in [2.05, 4.69) is 47.8 Å². The molecular formula is C14H16FeS2. The van der Waals surface area contributed by atoms with Crippen molar-refractivity contribution in [3.63, 3.8) is 0 Å². The number of hydrogen-bond acceptors (Lipinski definition) is 2. The van der Waals surface area contributed by atoms with Gasteiger partial charge in [-0.1, -0.05) is 0 Å². The predicted octanol–water partition coefficient (Wildman–Crippen LogP) is 4.68. The zero-order valence-electron chi connectivity index (χ0n) is 9.56. The van der Waals surface area contributed by atoms with E-state index < -0.39 is 0 Å². The van der Waals surface area contributed by atoms with Gasteiger partial charge in [0.15, 0.2) is 0 Å². The Balaban J connectivity index is 0.000000205. The molecule has 0 nitrogen and oxygen atoms in total. The minimum atomic E-state index is 0. The van der Waals surface area contributed by atoms with E-state index >= 15 is 0 Å². The van der Waals surface area contributed by atoms with Crippen LogP contribution in [0.15, 0.2) is 54.6 Å². The Morgan fingerprint density at radius 3 is 2.18 bits per heavy atom. The minimum absolute atomic E-state index is 0. The molecule has 0 amide bonds. The van der Waals surface area contributed by atoms with Gasteiger partial charge in [0.25, 0.3) is 0 Å². The van der Waals surface area contributed by atoms with Crippen molar-refractivity contribution < 1.29 is 17.1 Å². The summed E-state index contributed by atoms with van der Waals surface area (Å²) in [6, 6.07) is 18.7. The maximum absolute atomic E-state index is 2.23. The van der Waals surface area contributed by atoms with Crippen molar-refractivity contribution in [1.29, 1.82) is 0 Å². The van der Waals surface area contributed by atoms with Crippen LogP contribution in [0.25, 0.3) is 0 Å². The van der Waals surface area contributed by atoms with Crippen LogP contribution in [-0.4, -0.2) is 11.5 Å². The van der Waals surface area contributed by atoms with Gasteiger partial charge in [-0.25, -0.2) is 24.3 Å². The summed E-state index contributed by atoms with van der Waals surface area (Å²) in [5.41, 5.74) is 1.50. The van der Waals surface area contributed by atoms with E-state index in [0.29, 0.717) is 0 Å². The molecule has 1 fully saturated rings.